The van der Waals surface area contributed by atoms with E-state index < -0.39 is 0 Å². The average Bonchev–Trinajstić information content (AvgIpc) is 1.86. The maximum atomic E-state index is 5.14. The molecule has 0 saturated heterocycles. The number of methoxy groups -OCH3 is 1. The SMILES string of the molecule is C=C=CC(CC(C)C)OC. The van der Waals surface area contributed by atoms with E-state index in [0.29, 0.717) is 5.92 Å². The molecule has 0 aliphatic rings. The zero-order valence-corrected chi connectivity index (χ0v) is 7.05. The van der Waals surface area contributed by atoms with Gasteiger partial charge in [-0.2, -0.15) is 0 Å². The van der Waals surface area contributed by atoms with Crippen LogP contribution in [0.25, 0.3) is 0 Å². The molecule has 0 spiro atoms. The number of hydrogen-bond acceptors (Lipinski definition) is 1. The third-order valence-electron chi connectivity index (χ3n) is 1.31. The molecule has 0 rings (SSSR count). The molecule has 1 heteroatoms. The van der Waals surface area contributed by atoms with Crippen LogP contribution in [0, 0.1) is 5.92 Å². The van der Waals surface area contributed by atoms with Gasteiger partial charge in [0.15, 0.2) is 0 Å². The lowest BCUT2D eigenvalue weighted by molar-refractivity contribution is 0.122. The van der Waals surface area contributed by atoms with Gasteiger partial charge in [0.05, 0.1) is 6.10 Å². The number of hydrogen-bond donors (Lipinski definition) is 0. The normalized spacial score (nSPS) is 12.8. The first kappa shape index (κ1) is 9.48. The second-order valence-electron chi connectivity index (χ2n) is 2.77. The van der Waals surface area contributed by atoms with Gasteiger partial charge in [-0.25, -0.2) is 0 Å². The van der Waals surface area contributed by atoms with Gasteiger partial charge >= 0.3 is 0 Å². The third-order valence-corrected chi connectivity index (χ3v) is 1.31. The molecule has 10 heavy (non-hydrogen) atoms. The number of ether oxygens (including phenoxy) is 1. The minimum atomic E-state index is 0.192. The van der Waals surface area contributed by atoms with Crippen molar-refractivity contribution in [2.24, 2.45) is 5.92 Å². The lowest BCUT2D eigenvalue weighted by Gasteiger charge is -2.11. The van der Waals surface area contributed by atoms with Gasteiger partial charge in [-0.1, -0.05) is 20.4 Å². The highest BCUT2D eigenvalue weighted by Gasteiger charge is 2.04. The van der Waals surface area contributed by atoms with E-state index in [9.17, 15) is 0 Å². The molecule has 0 aliphatic heterocycles. The zero-order chi connectivity index (χ0) is 7.98. The monoisotopic (exact) mass is 140 g/mol. The van der Waals surface area contributed by atoms with Crippen LogP contribution in [0.4, 0.5) is 0 Å². The molecule has 1 unspecified atom stereocenters. The summed E-state index contributed by atoms with van der Waals surface area (Å²) in [7, 11) is 1.71. The van der Waals surface area contributed by atoms with E-state index in [1.54, 1.807) is 7.11 Å². The second kappa shape index (κ2) is 5.28. The van der Waals surface area contributed by atoms with Gasteiger partial charge in [-0.05, 0) is 18.4 Å². The summed E-state index contributed by atoms with van der Waals surface area (Å²) < 4.78 is 5.14. The molecule has 0 fully saturated rings. The van der Waals surface area contributed by atoms with Crippen molar-refractivity contribution < 1.29 is 4.74 Å². The van der Waals surface area contributed by atoms with Crippen molar-refractivity contribution in [1.82, 2.24) is 0 Å². The van der Waals surface area contributed by atoms with E-state index in [4.69, 9.17) is 4.74 Å². The molecule has 0 aromatic rings. The van der Waals surface area contributed by atoms with Crippen LogP contribution in [0.15, 0.2) is 18.4 Å². The first-order valence-corrected chi connectivity index (χ1v) is 3.59. The molecular formula is C9H16O. The Morgan fingerprint density at radius 3 is 2.50 bits per heavy atom. The average molecular weight is 140 g/mol. The summed E-state index contributed by atoms with van der Waals surface area (Å²) in [6, 6.07) is 0. The molecule has 0 heterocycles. The molecule has 58 valence electrons. The van der Waals surface area contributed by atoms with E-state index in [0.717, 1.165) is 6.42 Å². The maximum absolute atomic E-state index is 5.14. The van der Waals surface area contributed by atoms with Gasteiger partial charge in [0.2, 0.25) is 0 Å². The summed E-state index contributed by atoms with van der Waals surface area (Å²) in [5.41, 5.74) is 2.72. The molecule has 0 amide bonds. The first-order valence-electron chi connectivity index (χ1n) is 3.59. The van der Waals surface area contributed by atoms with Crippen molar-refractivity contribution in [2.45, 2.75) is 26.4 Å². The summed E-state index contributed by atoms with van der Waals surface area (Å²) in [5.74, 6) is 0.662. The van der Waals surface area contributed by atoms with Gasteiger partial charge in [0, 0.05) is 7.11 Å². The Hall–Kier alpha value is -0.520. The summed E-state index contributed by atoms with van der Waals surface area (Å²) in [5, 5.41) is 0. The predicted molar refractivity (Wildman–Crippen MR) is 44.0 cm³/mol. The van der Waals surface area contributed by atoms with Crippen LogP contribution in [0.5, 0.6) is 0 Å². The Morgan fingerprint density at radius 1 is 1.60 bits per heavy atom. The molecule has 0 aromatic carbocycles. The van der Waals surface area contributed by atoms with Crippen molar-refractivity contribution in [3.05, 3.63) is 18.4 Å². The van der Waals surface area contributed by atoms with E-state index >= 15 is 0 Å². The standard InChI is InChI=1S/C9H16O/c1-5-6-9(10-4)7-8(2)3/h6,8-9H,1,7H2,2-4H3. The van der Waals surface area contributed by atoms with Crippen LogP contribution in [-0.2, 0) is 4.74 Å². The largest absolute Gasteiger partial charge is 0.377 e. The quantitative estimate of drug-likeness (QED) is 0.545. The Morgan fingerprint density at radius 2 is 2.20 bits per heavy atom. The van der Waals surface area contributed by atoms with Crippen molar-refractivity contribution in [3.63, 3.8) is 0 Å². The summed E-state index contributed by atoms with van der Waals surface area (Å²) in [6.45, 7) is 7.83. The minimum Gasteiger partial charge on any atom is -0.377 e. The van der Waals surface area contributed by atoms with Gasteiger partial charge in [-0.3, -0.25) is 0 Å². The van der Waals surface area contributed by atoms with E-state index in [1.807, 2.05) is 6.08 Å². The Kier molecular flexibility index (Phi) is 5.00. The highest BCUT2D eigenvalue weighted by molar-refractivity contribution is 4.85. The number of rotatable bonds is 4. The maximum Gasteiger partial charge on any atom is 0.0827 e. The van der Waals surface area contributed by atoms with Crippen LogP contribution in [-0.4, -0.2) is 13.2 Å². The minimum absolute atomic E-state index is 0.192. The van der Waals surface area contributed by atoms with Crippen molar-refractivity contribution >= 4 is 0 Å². The molecule has 1 nitrogen and oxygen atoms in total. The molecule has 0 radical (unpaired) electrons. The molecule has 0 aliphatic carbocycles. The smallest absolute Gasteiger partial charge is 0.0827 e. The summed E-state index contributed by atoms with van der Waals surface area (Å²) in [6.07, 6.45) is 3.09. The third kappa shape index (κ3) is 4.37. The molecule has 0 aromatic heterocycles. The van der Waals surface area contributed by atoms with Crippen molar-refractivity contribution in [2.75, 3.05) is 7.11 Å². The highest BCUT2D eigenvalue weighted by Crippen LogP contribution is 2.07. The zero-order valence-electron chi connectivity index (χ0n) is 7.05. The van der Waals surface area contributed by atoms with Crippen LogP contribution in [0.2, 0.25) is 0 Å². The first-order chi connectivity index (χ1) is 4.70. The fraction of sp³-hybridized carbons (Fsp3) is 0.667. The lowest BCUT2D eigenvalue weighted by atomic mass is 10.1. The van der Waals surface area contributed by atoms with Gasteiger partial charge < -0.3 is 4.74 Å². The van der Waals surface area contributed by atoms with Gasteiger partial charge in [-0.15, -0.1) is 5.73 Å². The van der Waals surface area contributed by atoms with E-state index in [-0.39, 0.29) is 6.10 Å². The Balaban J connectivity index is 3.71. The predicted octanol–water partition coefficient (Wildman–Crippen LogP) is 2.39. The topological polar surface area (TPSA) is 9.23 Å². The van der Waals surface area contributed by atoms with Crippen LogP contribution < -0.4 is 0 Å². The van der Waals surface area contributed by atoms with Gasteiger partial charge in [0.25, 0.3) is 0 Å². The van der Waals surface area contributed by atoms with Crippen molar-refractivity contribution in [3.8, 4) is 0 Å². The van der Waals surface area contributed by atoms with Crippen molar-refractivity contribution in [1.29, 1.82) is 0 Å². The lowest BCUT2D eigenvalue weighted by Crippen LogP contribution is -2.09. The molecule has 0 bridgehead atoms. The summed E-state index contributed by atoms with van der Waals surface area (Å²) >= 11 is 0. The second-order valence-corrected chi connectivity index (χ2v) is 2.77. The molecular weight excluding hydrogens is 124 g/mol. The highest BCUT2D eigenvalue weighted by atomic mass is 16.5. The molecule has 1 atom stereocenters. The molecule has 0 N–H and O–H groups in total. The van der Waals surface area contributed by atoms with E-state index in [2.05, 4.69) is 26.2 Å². The summed E-state index contributed by atoms with van der Waals surface area (Å²) in [4.78, 5) is 0. The van der Waals surface area contributed by atoms with E-state index in [1.165, 1.54) is 0 Å². The Labute approximate surface area is 63.4 Å². The van der Waals surface area contributed by atoms with Crippen LogP contribution in [0.1, 0.15) is 20.3 Å². The van der Waals surface area contributed by atoms with Crippen LogP contribution in [0.3, 0.4) is 0 Å². The fourth-order valence-corrected chi connectivity index (χ4v) is 0.828. The van der Waals surface area contributed by atoms with Crippen LogP contribution >= 0.6 is 0 Å². The van der Waals surface area contributed by atoms with Gasteiger partial charge in [0.1, 0.15) is 0 Å². The Bertz CT molecular complexity index is 121. The molecule has 0 saturated carbocycles. The fourth-order valence-electron chi connectivity index (χ4n) is 0.828.